The van der Waals surface area contributed by atoms with Crippen LogP contribution >= 0.6 is 0 Å². The van der Waals surface area contributed by atoms with Crippen LogP contribution in [-0.2, 0) is 11.3 Å². The van der Waals surface area contributed by atoms with Crippen molar-refractivity contribution in [2.45, 2.75) is 6.54 Å². The SMILES string of the molecule is COC(=O)c1ccc(CNCCNC(N)=O)cc1. The normalized spacial score (nSPS) is 9.83. The molecule has 0 bridgehead atoms. The number of carbonyl (C=O) groups excluding carboxylic acids is 2. The van der Waals surface area contributed by atoms with Crippen LogP contribution in [0.4, 0.5) is 4.79 Å². The second-order valence-electron chi connectivity index (χ2n) is 3.66. The van der Waals surface area contributed by atoms with Gasteiger partial charge in [-0.15, -0.1) is 0 Å². The van der Waals surface area contributed by atoms with Gasteiger partial charge in [0.2, 0.25) is 0 Å². The van der Waals surface area contributed by atoms with Gasteiger partial charge in [-0.2, -0.15) is 0 Å². The lowest BCUT2D eigenvalue weighted by Gasteiger charge is -2.06. The number of methoxy groups -OCH3 is 1. The minimum atomic E-state index is -0.528. The Morgan fingerprint density at radius 1 is 1.22 bits per heavy atom. The summed E-state index contributed by atoms with van der Waals surface area (Å²) >= 11 is 0. The fraction of sp³-hybridized carbons (Fsp3) is 0.333. The number of primary amides is 1. The zero-order valence-corrected chi connectivity index (χ0v) is 10.2. The van der Waals surface area contributed by atoms with Gasteiger partial charge < -0.3 is 21.1 Å². The molecule has 1 rings (SSSR count). The van der Waals surface area contributed by atoms with Crippen molar-refractivity contribution in [1.29, 1.82) is 0 Å². The highest BCUT2D eigenvalue weighted by molar-refractivity contribution is 5.89. The Bertz CT molecular complexity index is 404. The van der Waals surface area contributed by atoms with Crippen molar-refractivity contribution in [2.24, 2.45) is 5.73 Å². The van der Waals surface area contributed by atoms with Crippen LogP contribution in [0.2, 0.25) is 0 Å². The molecule has 0 heterocycles. The second-order valence-corrected chi connectivity index (χ2v) is 3.66. The third-order valence-electron chi connectivity index (χ3n) is 2.31. The molecule has 1 aromatic rings. The monoisotopic (exact) mass is 251 g/mol. The summed E-state index contributed by atoms with van der Waals surface area (Å²) in [4.78, 5) is 21.6. The smallest absolute Gasteiger partial charge is 0.337 e. The lowest BCUT2D eigenvalue weighted by atomic mass is 10.1. The van der Waals surface area contributed by atoms with Crippen LogP contribution in [-0.4, -0.2) is 32.2 Å². The Balaban J connectivity index is 2.31. The number of hydrogen-bond acceptors (Lipinski definition) is 4. The number of urea groups is 1. The van der Waals surface area contributed by atoms with Crippen LogP contribution in [0.25, 0.3) is 0 Å². The molecule has 0 aliphatic carbocycles. The first-order chi connectivity index (χ1) is 8.63. The first kappa shape index (κ1) is 14.0. The molecule has 2 amide bonds. The van der Waals surface area contributed by atoms with Gasteiger partial charge in [-0.1, -0.05) is 12.1 Å². The lowest BCUT2D eigenvalue weighted by molar-refractivity contribution is 0.0600. The maximum atomic E-state index is 11.2. The van der Waals surface area contributed by atoms with Gasteiger partial charge in [0.05, 0.1) is 12.7 Å². The van der Waals surface area contributed by atoms with E-state index >= 15 is 0 Å². The Morgan fingerprint density at radius 2 is 1.89 bits per heavy atom. The number of benzene rings is 1. The standard InChI is InChI=1S/C12H17N3O3/c1-18-11(16)10-4-2-9(3-5-10)8-14-6-7-15-12(13)17/h2-5,14H,6-8H2,1H3,(H3,13,15,17). The summed E-state index contributed by atoms with van der Waals surface area (Å²) in [6.45, 7) is 1.76. The molecule has 0 spiro atoms. The highest BCUT2D eigenvalue weighted by Gasteiger charge is 2.03. The first-order valence-electron chi connectivity index (χ1n) is 5.54. The summed E-state index contributed by atoms with van der Waals surface area (Å²) in [7, 11) is 1.35. The lowest BCUT2D eigenvalue weighted by Crippen LogP contribution is -2.35. The van der Waals surface area contributed by atoms with Gasteiger partial charge >= 0.3 is 12.0 Å². The van der Waals surface area contributed by atoms with Crippen molar-refractivity contribution < 1.29 is 14.3 Å². The number of ether oxygens (including phenoxy) is 1. The predicted octanol–water partition coefficient (Wildman–Crippen LogP) is 0.231. The van der Waals surface area contributed by atoms with Crippen molar-refractivity contribution >= 4 is 12.0 Å². The van der Waals surface area contributed by atoms with E-state index in [1.165, 1.54) is 7.11 Å². The largest absolute Gasteiger partial charge is 0.465 e. The Labute approximate surface area is 105 Å². The average molecular weight is 251 g/mol. The van der Waals surface area contributed by atoms with Crippen molar-refractivity contribution in [3.63, 3.8) is 0 Å². The molecule has 0 saturated heterocycles. The molecule has 0 radical (unpaired) electrons. The molecule has 0 fully saturated rings. The maximum Gasteiger partial charge on any atom is 0.337 e. The van der Waals surface area contributed by atoms with E-state index in [0.717, 1.165) is 5.56 Å². The van der Waals surface area contributed by atoms with Crippen LogP contribution in [0.3, 0.4) is 0 Å². The number of hydrogen-bond donors (Lipinski definition) is 3. The highest BCUT2D eigenvalue weighted by atomic mass is 16.5. The summed E-state index contributed by atoms with van der Waals surface area (Å²) < 4.78 is 4.61. The zero-order chi connectivity index (χ0) is 13.4. The van der Waals surface area contributed by atoms with E-state index in [1.54, 1.807) is 12.1 Å². The second kappa shape index (κ2) is 7.29. The summed E-state index contributed by atoms with van der Waals surface area (Å²) in [5.74, 6) is -0.347. The van der Waals surface area contributed by atoms with E-state index < -0.39 is 6.03 Å². The van der Waals surface area contributed by atoms with Crippen LogP contribution in [0.1, 0.15) is 15.9 Å². The minimum Gasteiger partial charge on any atom is -0.465 e. The molecule has 4 N–H and O–H groups in total. The third-order valence-corrected chi connectivity index (χ3v) is 2.31. The predicted molar refractivity (Wildman–Crippen MR) is 67.1 cm³/mol. The molecule has 0 aromatic heterocycles. The Morgan fingerprint density at radius 3 is 2.44 bits per heavy atom. The van der Waals surface area contributed by atoms with E-state index in [0.29, 0.717) is 25.2 Å². The van der Waals surface area contributed by atoms with E-state index in [4.69, 9.17) is 5.73 Å². The molecule has 1 aromatic carbocycles. The van der Waals surface area contributed by atoms with Crippen LogP contribution < -0.4 is 16.4 Å². The topological polar surface area (TPSA) is 93.4 Å². The molecule has 0 atom stereocenters. The quantitative estimate of drug-likeness (QED) is 0.498. The first-order valence-corrected chi connectivity index (χ1v) is 5.54. The van der Waals surface area contributed by atoms with Gasteiger partial charge in [0.1, 0.15) is 0 Å². The molecule has 98 valence electrons. The van der Waals surface area contributed by atoms with Crippen molar-refractivity contribution in [3.8, 4) is 0 Å². The van der Waals surface area contributed by atoms with Gasteiger partial charge in [-0.3, -0.25) is 0 Å². The number of esters is 1. The van der Waals surface area contributed by atoms with Crippen LogP contribution in [0.5, 0.6) is 0 Å². The summed E-state index contributed by atoms with van der Waals surface area (Å²) in [5.41, 5.74) is 6.49. The van der Waals surface area contributed by atoms with Gasteiger partial charge in [0, 0.05) is 19.6 Å². The summed E-state index contributed by atoms with van der Waals surface area (Å²) in [6, 6.07) is 6.59. The molecule has 0 saturated carbocycles. The molecule has 0 aliphatic rings. The molecule has 18 heavy (non-hydrogen) atoms. The van der Waals surface area contributed by atoms with Gasteiger partial charge in [0.15, 0.2) is 0 Å². The van der Waals surface area contributed by atoms with E-state index in [2.05, 4.69) is 15.4 Å². The number of nitrogens with one attached hydrogen (secondary N) is 2. The number of nitrogens with two attached hydrogens (primary N) is 1. The van der Waals surface area contributed by atoms with Crippen LogP contribution in [0, 0.1) is 0 Å². The molecule has 6 heteroatoms. The summed E-state index contributed by atoms with van der Waals surface area (Å²) in [5, 5.41) is 5.61. The Hall–Kier alpha value is -2.08. The minimum absolute atomic E-state index is 0.347. The fourth-order valence-corrected chi connectivity index (χ4v) is 1.38. The zero-order valence-electron chi connectivity index (χ0n) is 10.2. The molecule has 0 unspecified atom stereocenters. The van der Waals surface area contributed by atoms with Crippen molar-refractivity contribution in [2.75, 3.05) is 20.2 Å². The fourth-order valence-electron chi connectivity index (χ4n) is 1.38. The summed E-state index contributed by atoms with van der Waals surface area (Å²) in [6.07, 6.45) is 0. The van der Waals surface area contributed by atoms with E-state index in [1.807, 2.05) is 12.1 Å². The molecular weight excluding hydrogens is 234 g/mol. The van der Waals surface area contributed by atoms with E-state index in [9.17, 15) is 9.59 Å². The van der Waals surface area contributed by atoms with Gasteiger partial charge in [-0.05, 0) is 17.7 Å². The maximum absolute atomic E-state index is 11.2. The number of carbonyl (C=O) groups is 2. The van der Waals surface area contributed by atoms with Gasteiger partial charge in [0.25, 0.3) is 0 Å². The molecule has 0 aliphatic heterocycles. The van der Waals surface area contributed by atoms with E-state index in [-0.39, 0.29) is 5.97 Å². The van der Waals surface area contributed by atoms with Crippen LogP contribution in [0.15, 0.2) is 24.3 Å². The number of amides is 2. The average Bonchev–Trinajstić information content (AvgIpc) is 2.38. The van der Waals surface area contributed by atoms with Crippen molar-refractivity contribution in [3.05, 3.63) is 35.4 Å². The third kappa shape index (κ3) is 4.84. The molecular formula is C12H17N3O3. The number of rotatable bonds is 6. The molecule has 6 nitrogen and oxygen atoms in total. The van der Waals surface area contributed by atoms with Gasteiger partial charge in [-0.25, -0.2) is 9.59 Å². The highest BCUT2D eigenvalue weighted by Crippen LogP contribution is 2.05. The van der Waals surface area contributed by atoms with Crippen molar-refractivity contribution in [1.82, 2.24) is 10.6 Å². The Kier molecular flexibility index (Phi) is 5.66.